The number of fused-ring (bicyclic) bond motifs is 6. The summed E-state index contributed by atoms with van der Waals surface area (Å²) >= 11 is 0. The van der Waals surface area contributed by atoms with Crippen LogP contribution in [0.4, 0.5) is 4.39 Å². The molecule has 6 nitrogen and oxygen atoms in total. The number of imidazole rings is 1. The molecule has 0 amide bonds. The number of hydrogen-bond donors (Lipinski definition) is 0. The van der Waals surface area contributed by atoms with Crippen molar-refractivity contribution in [3.63, 3.8) is 0 Å². The fourth-order valence-electron chi connectivity index (χ4n) is 9.47. The molecule has 5 aromatic carbocycles. The van der Waals surface area contributed by atoms with E-state index in [0.29, 0.717) is 23.2 Å². The van der Waals surface area contributed by atoms with E-state index in [1.54, 1.807) is 26.1 Å². The summed E-state index contributed by atoms with van der Waals surface area (Å²) < 4.78 is 54.0. The molecule has 11 rings (SSSR count). The van der Waals surface area contributed by atoms with Crippen LogP contribution in [0.15, 0.2) is 150 Å². The zero-order valence-corrected chi connectivity index (χ0v) is 44.7. The number of halogens is 1. The van der Waals surface area contributed by atoms with Crippen molar-refractivity contribution in [1.29, 1.82) is 0 Å². The first-order valence-corrected chi connectivity index (χ1v) is 27.6. The number of rotatable bonds is 9. The van der Waals surface area contributed by atoms with Gasteiger partial charge in [-0.2, -0.15) is 0 Å². The van der Waals surface area contributed by atoms with E-state index in [2.05, 4.69) is 165 Å². The van der Waals surface area contributed by atoms with E-state index in [9.17, 15) is 4.39 Å². The molecule has 10 aromatic rings. The van der Waals surface area contributed by atoms with Crippen LogP contribution in [0.25, 0.3) is 89.0 Å². The summed E-state index contributed by atoms with van der Waals surface area (Å²) in [7, 11) is -1.72. The monoisotopic (exact) mass is 1130 g/mol. The fourth-order valence-corrected chi connectivity index (χ4v) is 11.1. The third-order valence-corrected chi connectivity index (χ3v) is 15.5. The average molecular weight is 1130 g/mol. The first-order valence-electron chi connectivity index (χ1n) is 26.1. The summed E-state index contributed by atoms with van der Waals surface area (Å²) in [6.07, 6.45) is 12.2. The second-order valence-electron chi connectivity index (χ2n) is 19.8. The van der Waals surface area contributed by atoms with Crippen LogP contribution in [0.3, 0.4) is 0 Å². The van der Waals surface area contributed by atoms with Crippen LogP contribution >= 0.6 is 0 Å². The van der Waals surface area contributed by atoms with Crippen LogP contribution in [-0.2, 0) is 20.1 Å². The molecular weight excluding hydrogens is 1070 g/mol. The van der Waals surface area contributed by atoms with Crippen molar-refractivity contribution in [3.8, 4) is 39.5 Å². The van der Waals surface area contributed by atoms with Crippen molar-refractivity contribution in [2.24, 2.45) is 5.92 Å². The van der Waals surface area contributed by atoms with Crippen LogP contribution in [0, 0.1) is 30.7 Å². The third kappa shape index (κ3) is 9.51. The number of allylic oxidation sites excluding steroid dienone is 4. The number of benzene rings is 5. The molecule has 71 heavy (non-hydrogen) atoms. The Labute approximate surface area is 436 Å². The average Bonchev–Trinajstić information content (AvgIpc) is 3.97. The molecule has 0 saturated heterocycles. The predicted molar refractivity (Wildman–Crippen MR) is 291 cm³/mol. The Bertz CT molecular complexity index is 3830. The molecular formula is C62H58FIrN5OSi-2. The van der Waals surface area contributed by atoms with Crippen molar-refractivity contribution < 1.29 is 34.4 Å². The Kier molecular flexibility index (Phi) is 12.6. The van der Waals surface area contributed by atoms with Gasteiger partial charge in [-0.1, -0.05) is 168 Å². The summed E-state index contributed by atoms with van der Waals surface area (Å²) in [6.45, 7) is 14.4. The largest absolute Gasteiger partial charge is 0.486 e. The maximum atomic E-state index is 14.5. The van der Waals surface area contributed by atoms with Crippen molar-refractivity contribution in [2.75, 3.05) is 0 Å². The van der Waals surface area contributed by atoms with Crippen molar-refractivity contribution in [3.05, 3.63) is 186 Å². The number of aryl methyl sites for hydroxylation is 1. The van der Waals surface area contributed by atoms with Crippen LogP contribution in [0.5, 0.6) is 0 Å². The molecule has 0 saturated carbocycles. The minimum absolute atomic E-state index is 0. The summed E-state index contributed by atoms with van der Waals surface area (Å²) in [5.41, 5.74) is 12.9. The van der Waals surface area contributed by atoms with Gasteiger partial charge in [0.1, 0.15) is 0 Å². The first kappa shape index (κ1) is 44.3. The van der Waals surface area contributed by atoms with Crippen LogP contribution in [-0.4, -0.2) is 32.6 Å². The van der Waals surface area contributed by atoms with E-state index in [-0.39, 0.29) is 31.2 Å². The van der Waals surface area contributed by atoms with E-state index < -0.39 is 26.6 Å². The molecule has 1 radical (unpaired) electrons. The number of furan rings is 1. The molecule has 0 spiro atoms. The molecule has 1 aliphatic carbocycles. The van der Waals surface area contributed by atoms with Gasteiger partial charge in [0.25, 0.3) is 0 Å². The molecule has 5 aromatic heterocycles. The van der Waals surface area contributed by atoms with Gasteiger partial charge in [0.2, 0.25) is 5.71 Å². The zero-order valence-electron chi connectivity index (χ0n) is 45.3. The Morgan fingerprint density at radius 3 is 2.38 bits per heavy atom. The van der Waals surface area contributed by atoms with Crippen LogP contribution in [0.1, 0.15) is 87.1 Å². The zero-order chi connectivity index (χ0) is 52.3. The molecule has 0 bridgehead atoms. The third-order valence-electron chi connectivity index (χ3n) is 13.5. The summed E-state index contributed by atoms with van der Waals surface area (Å²) in [5, 5.41) is 4.11. The minimum atomic E-state index is -2.38. The van der Waals surface area contributed by atoms with Crippen molar-refractivity contribution in [2.45, 2.75) is 85.8 Å². The fraction of sp³-hybridized carbons (Fsp3) is 0.226. The molecule has 0 N–H and O–H groups in total. The Hall–Kier alpha value is -6.64. The van der Waals surface area contributed by atoms with Crippen LogP contribution in [0.2, 0.25) is 19.6 Å². The van der Waals surface area contributed by atoms with Gasteiger partial charge in [-0.15, -0.1) is 42.0 Å². The van der Waals surface area contributed by atoms with Gasteiger partial charge in [0, 0.05) is 77.3 Å². The molecule has 9 heteroatoms. The molecule has 5 heterocycles. The van der Waals surface area contributed by atoms with E-state index in [4.69, 9.17) is 24.9 Å². The number of para-hydroxylation sites is 1. The molecule has 0 fully saturated rings. The first-order chi connectivity index (χ1) is 35.3. The molecule has 1 aliphatic rings. The maximum absolute atomic E-state index is 14.5. The molecule has 0 aliphatic heterocycles. The number of aromatic nitrogens is 5. The van der Waals surface area contributed by atoms with Gasteiger partial charge < -0.3 is 14.0 Å². The van der Waals surface area contributed by atoms with Gasteiger partial charge in [-0.05, 0) is 70.9 Å². The summed E-state index contributed by atoms with van der Waals surface area (Å²) in [4.78, 5) is 19.8. The van der Waals surface area contributed by atoms with Gasteiger partial charge in [0.15, 0.2) is 0 Å². The number of nitrogens with zero attached hydrogens (tertiary/aromatic N) is 5. The molecule has 1 unspecified atom stereocenters. The quantitative estimate of drug-likeness (QED) is 0.106. The SMILES string of the molecule is CC(C)C(C)c1ccc2c(n1)oc1c(-c3nc4ccc5cccnc5c4n3-c3c(C4=CC=CCC4)cccc3-c3ccccc3)[c-]ccc12.[2H]C([2H])([2H])c1c[c-]c(-c2cc(C([2H])(C)C)c([Si](C)(C)C)cn2)c(F)c1.[Ir]. The van der Waals surface area contributed by atoms with E-state index in [1.807, 2.05) is 18.3 Å². The second kappa shape index (κ2) is 20.2. The van der Waals surface area contributed by atoms with E-state index in [1.165, 1.54) is 17.2 Å². The van der Waals surface area contributed by atoms with Crippen molar-refractivity contribution >= 4 is 62.8 Å². The molecule has 359 valence electrons. The van der Waals surface area contributed by atoms with Gasteiger partial charge in [0.05, 0.1) is 41.7 Å². The standard InChI is InChI=1S/C44H35N4O.C18H23FNSi.Ir/c1-27(2)28(3)37-25-23-35-34-20-11-21-36(42(34)49-44(35)47-37)43-46-38-24-22-31-17-12-26-45-39(31)41(38)48(43)40-32(29-13-6-4-7-14-29)18-10-19-33(40)30-15-8-5-9-16-30;1-12(2)15-10-17(20-11-18(15)21(4,5)6)14-8-7-13(3)9-16(14)19;/h4-8,10-15,17-20,22-28H,9,16H2,1-3H3;7,9-12H,1-6H3;/q2*-1;/i;3D3,12D;. The Morgan fingerprint density at radius 2 is 1.65 bits per heavy atom. The Balaban J connectivity index is 0.000000225. The minimum Gasteiger partial charge on any atom is -0.486 e. The van der Waals surface area contributed by atoms with E-state index >= 15 is 0 Å². The van der Waals surface area contributed by atoms with Gasteiger partial charge in [-0.3, -0.25) is 14.4 Å². The normalized spacial score (nSPS) is 14.4. The van der Waals surface area contributed by atoms with Crippen LogP contribution < -0.4 is 5.19 Å². The smallest absolute Gasteiger partial charge is 0.216 e. The topological polar surface area (TPSA) is 69.6 Å². The van der Waals surface area contributed by atoms with Gasteiger partial charge >= 0.3 is 0 Å². The predicted octanol–water partition coefficient (Wildman–Crippen LogP) is 16.2. The van der Waals surface area contributed by atoms with Crippen molar-refractivity contribution in [1.82, 2.24) is 24.5 Å². The maximum Gasteiger partial charge on any atom is 0.216 e. The Morgan fingerprint density at radius 1 is 0.831 bits per heavy atom. The molecule has 1 atom stereocenters. The number of hydrogen-bond acceptors (Lipinski definition) is 5. The summed E-state index contributed by atoms with van der Waals surface area (Å²) in [5.74, 6) is 0.0176. The number of pyridine rings is 3. The van der Waals surface area contributed by atoms with Gasteiger partial charge in [-0.25, -0.2) is 4.98 Å². The summed E-state index contributed by atoms with van der Waals surface area (Å²) in [6, 6.07) is 44.2. The second-order valence-corrected chi connectivity index (χ2v) is 24.8. The van der Waals surface area contributed by atoms with E-state index in [0.717, 1.165) is 102 Å².